The molecule has 0 radical (unpaired) electrons. The Morgan fingerprint density at radius 1 is 1.15 bits per heavy atom. The largest absolute Gasteiger partial charge is 0.349 e. The Morgan fingerprint density at radius 2 is 1.91 bits per heavy atom. The Labute approximate surface area is 196 Å². The highest BCUT2D eigenvalue weighted by Crippen LogP contribution is 2.33. The molecule has 1 saturated heterocycles. The number of amides is 4. The zero-order chi connectivity index (χ0) is 23.0. The number of nitrogens with zero attached hydrogens (tertiary/aromatic N) is 2. The minimum absolute atomic E-state index is 0.00201. The summed E-state index contributed by atoms with van der Waals surface area (Å²) in [5.41, 5.74) is 2.46. The van der Waals surface area contributed by atoms with Crippen LogP contribution in [0.2, 0.25) is 0 Å². The quantitative estimate of drug-likeness (QED) is 0.566. The SMILES string of the molecule is CN1C(=O)NC2(CCC(NC(=O)c3sccc3CCc3ccnc4ccccc34)CC2)C1=O. The van der Waals surface area contributed by atoms with Crippen molar-refractivity contribution < 1.29 is 14.4 Å². The number of likely N-dealkylation sites (N-methyl/N-ethyl adjacent to an activating group) is 1. The van der Waals surface area contributed by atoms with Gasteiger partial charge in [0, 0.05) is 24.7 Å². The van der Waals surface area contributed by atoms with Crippen LogP contribution in [0.4, 0.5) is 4.79 Å². The number of urea groups is 1. The zero-order valence-electron chi connectivity index (χ0n) is 18.5. The molecule has 1 spiro atoms. The van der Waals surface area contributed by atoms with Gasteiger partial charge in [-0.3, -0.25) is 19.5 Å². The van der Waals surface area contributed by atoms with Crippen LogP contribution in [0.5, 0.6) is 0 Å². The molecule has 1 aliphatic heterocycles. The average molecular weight is 463 g/mol. The van der Waals surface area contributed by atoms with Crippen molar-refractivity contribution in [3.05, 3.63) is 64.0 Å². The van der Waals surface area contributed by atoms with Gasteiger partial charge in [-0.15, -0.1) is 11.3 Å². The second kappa shape index (κ2) is 8.59. The van der Waals surface area contributed by atoms with E-state index in [-0.39, 0.29) is 23.9 Å². The third-order valence-corrected chi connectivity index (χ3v) is 7.85. The molecule has 2 aliphatic rings. The first kappa shape index (κ1) is 21.6. The molecule has 0 unspecified atom stereocenters. The summed E-state index contributed by atoms with van der Waals surface area (Å²) in [6.07, 6.45) is 5.86. The van der Waals surface area contributed by atoms with Gasteiger partial charge in [-0.25, -0.2) is 4.79 Å². The van der Waals surface area contributed by atoms with E-state index in [1.54, 1.807) is 0 Å². The van der Waals surface area contributed by atoms with Crippen molar-refractivity contribution in [2.45, 2.75) is 50.1 Å². The van der Waals surface area contributed by atoms with E-state index < -0.39 is 5.54 Å². The summed E-state index contributed by atoms with van der Waals surface area (Å²) in [6.45, 7) is 0. The van der Waals surface area contributed by atoms with Crippen molar-refractivity contribution in [2.24, 2.45) is 0 Å². The lowest BCUT2D eigenvalue weighted by Crippen LogP contribution is -2.52. The third kappa shape index (κ3) is 3.99. The van der Waals surface area contributed by atoms with Crippen LogP contribution in [-0.2, 0) is 17.6 Å². The van der Waals surface area contributed by atoms with Crippen molar-refractivity contribution in [3.8, 4) is 0 Å². The third-order valence-electron chi connectivity index (χ3n) is 6.90. The number of carbonyl (C=O) groups is 3. The van der Waals surface area contributed by atoms with Crippen LogP contribution in [0.1, 0.15) is 46.5 Å². The second-order valence-corrected chi connectivity index (χ2v) is 9.80. The molecule has 5 rings (SSSR count). The molecule has 170 valence electrons. The van der Waals surface area contributed by atoms with Gasteiger partial charge < -0.3 is 10.6 Å². The number of para-hydroxylation sites is 1. The van der Waals surface area contributed by atoms with E-state index in [1.165, 1.54) is 23.9 Å². The number of rotatable bonds is 5. The molecule has 4 amide bonds. The molecular formula is C25H26N4O3S. The van der Waals surface area contributed by atoms with Crippen molar-refractivity contribution >= 4 is 40.1 Å². The number of aromatic nitrogens is 1. The standard InChI is InChI=1S/C25H26N4O3S/c1-29-23(31)25(28-24(29)32)12-8-18(9-13-25)27-22(30)21-17(11-15-33-21)7-6-16-10-14-26-20-5-3-2-4-19(16)20/h2-5,10-11,14-15,18H,6-9,12-13H2,1H3,(H,27,30)(H,28,32). The highest BCUT2D eigenvalue weighted by atomic mass is 32.1. The predicted molar refractivity (Wildman–Crippen MR) is 127 cm³/mol. The van der Waals surface area contributed by atoms with Gasteiger partial charge in [0.2, 0.25) is 0 Å². The number of aryl methyl sites for hydroxylation is 2. The Balaban J connectivity index is 1.21. The normalized spacial score (nSPS) is 22.7. The number of imide groups is 1. The minimum atomic E-state index is -0.797. The second-order valence-electron chi connectivity index (χ2n) is 8.89. The Kier molecular flexibility index (Phi) is 5.62. The Morgan fingerprint density at radius 3 is 2.67 bits per heavy atom. The number of thiophene rings is 1. The van der Waals surface area contributed by atoms with Gasteiger partial charge in [-0.2, -0.15) is 0 Å². The molecule has 2 N–H and O–H groups in total. The summed E-state index contributed by atoms with van der Waals surface area (Å²) in [7, 11) is 1.51. The van der Waals surface area contributed by atoms with E-state index >= 15 is 0 Å². The van der Waals surface area contributed by atoms with Gasteiger partial charge in [0.05, 0.1) is 10.4 Å². The number of carbonyl (C=O) groups excluding carboxylic acids is 3. The number of hydrogen-bond donors (Lipinski definition) is 2. The maximum absolute atomic E-state index is 13.0. The van der Waals surface area contributed by atoms with Gasteiger partial charge in [0.15, 0.2) is 0 Å². The molecule has 1 aromatic carbocycles. The molecule has 0 bridgehead atoms. The van der Waals surface area contributed by atoms with Gasteiger partial charge >= 0.3 is 6.03 Å². The smallest absolute Gasteiger partial charge is 0.324 e. The monoisotopic (exact) mass is 462 g/mol. The summed E-state index contributed by atoms with van der Waals surface area (Å²) >= 11 is 1.46. The molecule has 3 aromatic rings. The fourth-order valence-electron chi connectivity index (χ4n) is 4.97. The zero-order valence-corrected chi connectivity index (χ0v) is 19.3. The highest BCUT2D eigenvalue weighted by Gasteiger charge is 2.51. The lowest BCUT2D eigenvalue weighted by Gasteiger charge is -2.35. The van der Waals surface area contributed by atoms with Gasteiger partial charge in [0.1, 0.15) is 5.54 Å². The summed E-state index contributed by atoms with van der Waals surface area (Å²) < 4.78 is 0. The summed E-state index contributed by atoms with van der Waals surface area (Å²) in [6, 6.07) is 11.8. The van der Waals surface area contributed by atoms with E-state index in [1.807, 2.05) is 41.9 Å². The highest BCUT2D eigenvalue weighted by molar-refractivity contribution is 7.12. The Hall–Kier alpha value is -3.26. The number of nitrogens with one attached hydrogen (secondary N) is 2. The van der Waals surface area contributed by atoms with E-state index in [2.05, 4.69) is 21.7 Å². The van der Waals surface area contributed by atoms with Crippen molar-refractivity contribution in [2.75, 3.05) is 7.05 Å². The van der Waals surface area contributed by atoms with E-state index in [9.17, 15) is 14.4 Å². The first-order valence-corrected chi connectivity index (χ1v) is 12.1. The van der Waals surface area contributed by atoms with E-state index in [0.29, 0.717) is 25.7 Å². The molecule has 0 atom stereocenters. The van der Waals surface area contributed by atoms with Gasteiger partial charge in [-0.05, 0) is 73.2 Å². The van der Waals surface area contributed by atoms with Crippen LogP contribution >= 0.6 is 11.3 Å². The van der Waals surface area contributed by atoms with Crippen LogP contribution in [0.15, 0.2) is 48.0 Å². The molecule has 1 aliphatic carbocycles. The summed E-state index contributed by atoms with van der Waals surface area (Å²) in [4.78, 5) is 43.7. The fourth-order valence-corrected chi connectivity index (χ4v) is 5.83. The molecule has 2 fully saturated rings. The molecule has 3 heterocycles. The fraction of sp³-hybridized carbons (Fsp3) is 0.360. The molecule has 33 heavy (non-hydrogen) atoms. The van der Waals surface area contributed by atoms with Crippen molar-refractivity contribution in [1.29, 1.82) is 0 Å². The van der Waals surface area contributed by atoms with Crippen LogP contribution in [0.3, 0.4) is 0 Å². The first-order valence-electron chi connectivity index (χ1n) is 11.3. The van der Waals surface area contributed by atoms with Crippen molar-refractivity contribution in [3.63, 3.8) is 0 Å². The van der Waals surface area contributed by atoms with E-state index in [4.69, 9.17) is 0 Å². The number of pyridine rings is 1. The minimum Gasteiger partial charge on any atom is -0.349 e. The Bertz CT molecular complexity index is 1220. The lowest BCUT2D eigenvalue weighted by molar-refractivity contribution is -0.131. The molecule has 1 saturated carbocycles. The molecule has 7 nitrogen and oxygen atoms in total. The molecule has 2 aromatic heterocycles. The topological polar surface area (TPSA) is 91.4 Å². The predicted octanol–water partition coefficient (Wildman–Crippen LogP) is 3.67. The molecule has 8 heteroatoms. The maximum Gasteiger partial charge on any atom is 0.324 e. The first-order chi connectivity index (χ1) is 16.0. The van der Waals surface area contributed by atoms with Gasteiger partial charge in [0.25, 0.3) is 11.8 Å². The lowest BCUT2D eigenvalue weighted by atomic mass is 9.79. The summed E-state index contributed by atoms with van der Waals surface area (Å²) in [5.74, 6) is -0.221. The maximum atomic E-state index is 13.0. The molecular weight excluding hydrogens is 436 g/mol. The number of hydrogen-bond acceptors (Lipinski definition) is 5. The number of benzene rings is 1. The summed E-state index contributed by atoms with van der Waals surface area (Å²) in [5, 5.41) is 9.12. The van der Waals surface area contributed by atoms with Crippen LogP contribution in [0.25, 0.3) is 10.9 Å². The van der Waals surface area contributed by atoms with Crippen LogP contribution in [0, 0.1) is 0 Å². The van der Waals surface area contributed by atoms with Crippen molar-refractivity contribution in [1.82, 2.24) is 20.5 Å². The van der Waals surface area contributed by atoms with Gasteiger partial charge in [-0.1, -0.05) is 18.2 Å². The van der Waals surface area contributed by atoms with Crippen LogP contribution < -0.4 is 10.6 Å². The number of fused-ring (bicyclic) bond motifs is 1. The average Bonchev–Trinajstić information content (AvgIpc) is 3.38. The van der Waals surface area contributed by atoms with E-state index in [0.717, 1.165) is 39.1 Å². The van der Waals surface area contributed by atoms with Crippen LogP contribution in [-0.4, -0.2) is 46.4 Å².